The van der Waals surface area contributed by atoms with Gasteiger partial charge in [0.2, 0.25) is 11.9 Å². The number of rotatable bonds is 10. The summed E-state index contributed by atoms with van der Waals surface area (Å²) in [6.07, 6.45) is -0.659. The number of aryl methyl sites for hydroxylation is 2. The summed E-state index contributed by atoms with van der Waals surface area (Å²) in [6.45, 7) is 6.22. The zero-order valence-corrected chi connectivity index (χ0v) is 27.8. The van der Waals surface area contributed by atoms with Crippen molar-refractivity contribution in [2.45, 2.75) is 64.8 Å². The zero-order valence-electron chi connectivity index (χ0n) is 27.8. The van der Waals surface area contributed by atoms with Crippen molar-refractivity contribution in [3.05, 3.63) is 68.4 Å². The van der Waals surface area contributed by atoms with Crippen molar-refractivity contribution in [2.75, 3.05) is 17.6 Å². The van der Waals surface area contributed by atoms with E-state index in [2.05, 4.69) is 30.6 Å². The number of imidazole rings is 2. The summed E-state index contributed by atoms with van der Waals surface area (Å²) in [7, 11) is 1.73. The molecule has 6 N–H and O–H groups in total. The van der Waals surface area contributed by atoms with Gasteiger partial charge in [-0.25, -0.2) is 14.8 Å². The average Bonchev–Trinajstić information content (AvgIpc) is 3.74. The first-order valence-electron chi connectivity index (χ1n) is 16.0. The Balaban J connectivity index is 1.16. The minimum absolute atomic E-state index is 0.0154. The highest BCUT2D eigenvalue weighted by Crippen LogP contribution is 2.32. The smallest absolute Gasteiger partial charge is 0.332 e. The summed E-state index contributed by atoms with van der Waals surface area (Å²) >= 11 is 0. The van der Waals surface area contributed by atoms with E-state index in [1.807, 2.05) is 25.1 Å². The van der Waals surface area contributed by atoms with Crippen molar-refractivity contribution in [3.8, 4) is 0 Å². The Labute approximate surface area is 283 Å². The molecule has 0 saturated carbocycles. The number of fused-ring (bicyclic) bond motifs is 2. The molecule has 5 aromatic rings. The lowest BCUT2D eigenvalue weighted by atomic mass is 10.1. The van der Waals surface area contributed by atoms with Crippen molar-refractivity contribution in [3.63, 3.8) is 0 Å². The molecule has 1 fully saturated rings. The zero-order chi connectivity index (χ0) is 35.9. The largest absolute Gasteiger partial charge is 0.387 e. The van der Waals surface area contributed by atoms with E-state index in [9.17, 15) is 29.4 Å². The second kappa shape index (κ2) is 13.7. The minimum Gasteiger partial charge on any atom is -0.387 e. The average molecular weight is 688 g/mol. The van der Waals surface area contributed by atoms with Crippen molar-refractivity contribution in [2.24, 2.45) is 7.05 Å². The first-order chi connectivity index (χ1) is 24.0. The number of likely N-dealkylation sites (N-methyl/N-ethyl adjacent to an activating group) is 1. The third kappa shape index (κ3) is 6.03. The molecule has 4 atom stereocenters. The van der Waals surface area contributed by atoms with Crippen molar-refractivity contribution < 1.29 is 24.5 Å². The van der Waals surface area contributed by atoms with Crippen LogP contribution in [0.25, 0.3) is 34.5 Å². The summed E-state index contributed by atoms with van der Waals surface area (Å²) in [5, 5.41) is 26.3. The number of nitrogen functional groups attached to an aromatic ring is 1. The number of aliphatic hydroxyl groups is 2. The number of carbonyl (C=O) groups excluding carboxylic acids is 2. The molecular weight excluding hydrogens is 650 g/mol. The molecule has 5 heterocycles. The predicted molar refractivity (Wildman–Crippen MR) is 183 cm³/mol. The molecule has 18 heteroatoms. The molecule has 18 nitrogen and oxygen atoms in total. The fraction of sp³-hybridized carbons (Fsp3) is 0.375. The fourth-order valence-electron chi connectivity index (χ4n) is 5.93. The number of amides is 2. The van der Waals surface area contributed by atoms with Crippen LogP contribution in [0.1, 0.15) is 44.0 Å². The van der Waals surface area contributed by atoms with E-state index in [-0.39, 0.29) is 41.5 Å². The van der Waals surface area contributed by atoms with Crippen LogP contribution in [0.2, 0.25) is 0 Å². The number of benzene rings is 1. The van der Waals surface area contributed by atoms with Crippen LogP contribution in [0.3, 0.4) is 0 Å². The van der Waals surface area contributed by atoms with Crippen LogP contribution in [0.5, 0.6) is 0 Å². The predicted octanol–water partition coefficient (Wildman–Crippen LogP) is -0.235. The molecule has 50 heavy (non-hydrogen) atoms. The lowest BCUT2D eigenvalue weighted by Crippen LogP contribution is -2.42. The highest BCUT2D eigenvalue weighted by atomic mass is 16.6. The number of hydrogen-bond acceptors (Lipinski definition) is 12. The Bertz CT molecular complexity index is 2250. The van der Waals surface area contributed by atoms with Gasteiger partial charge in [-0.15, -0.1) is 0 Å². The van der Waals surface area contributed by atoms with Gasteiger partial charge in [-0.2, -0.15) is 9.97 Å². The lowest BCUT2D eigenvalue weighted by molar-refractivity contribution is -0.137. The van der Waals surface area contributed by atoms with Gasteiger partial charge in [-0.1, -0.05) is 30.3 Å². The molecule has 1 aliphatic rings. The number of aliphatic hydroxyl groups excluding tert-OH is 2. The molecule has 4 aromatic heterocycles. The van der Waals surface area contributed by atoms with E-state index in [1.54, 1.807) is 43.7 Å². The molecule has 1 saturated heterocycles. The van der Waals surface area contributed by atoms with Crippen LogP contribution in [-0.2, 0) is 40.9 Å². The number of ether oxygens (including phenoxy) is 1. The van der Waals surface area contributed by atoms with Crippen LogP contribution in [0.4, 0.5) is 11.8 Å². The van der Waals surface area contributed by atoms with Crippen LogP contribution >= 0.6 is 0 Å². The SMILES string of the molecule is CCNC(=O)C1O[C@@H](n2cnc3c(N)nc(NC(=O)Cc4ccc(/C=C/c5nc6c(c(=O)n(CC)c(=O)n6CC)n5C)cc4)nc32)[C@H](O)[C@@H]1O. The topological polar surface area (TPSA) is 239 Å². The maximum Gasteiger partial charge on any atom is 0.332 e. The van der Waals surface area contributed by atoms with E-state index in [4.69, 9.17) is 10.5 Å². The first-order valence-corrected chi connectivity index (χ1v) is 16.0. The van der Waals surface area contributed by atoms with Gasteiger partial charge in [-0.3, -0.25) is 33.4 Å². The number of nitrogens with two attached hydrogens (primary N) is 1. The standard InChI is InChI=1S/C32H37N11O7/c1-5-34-28(47)24-22(45)23(46)30(50-24)43-15-35-20-25(33)38-31(39-26(20)43)37-19(44)14-17-10-8-16(9-11-17)12-13-18-36-27-21(40(18)4)29(48)42(7-3)32(49)41(27)6-2/h8-13,15,22-24,30,45-46H,5-7,14H2,1-4H3,(H,34,47)(H3,33,37,38,39,44)/b13-12+/t22-,23+,24?,30+/m0/s1. The molecule has 1 aliphatic heterocycles. The van der Waals surface area contributed by atoms with Gasteiger partial charge in [0.1, 0.15) is 23.5 Å². The van der Waals surface area contributed by atoms with Gasteiger partial charge < -0.3 is 30.6 Å². The summed E-state index contributed by atoms with van der Waals surface area (Å²) in [4.78, 5) is 68.3. The Hall–Kier alpha value is -5.72. The Morgan fingerprint density at radius 3 is 2.38 bits per heavy atom. The minimum atomic E-state index is -1.50. The van der Waals surface area contributed by atoms with Gasteiger partial charge in [0, 0.05) is 26.7 Å². The number of carbonyl (C=O) groups is 2. The number of hydrogen-bond donors (Lipinski definition) is 5. The van der Waals surface area contributed by atoms with Gasteiger partial charge in [0.25, 0.3) is 11.5 Å². The Morgan fingerprint density at radius 2 is 1.70 bits per heavy atom. The summed E-state index contributed by atoms with van der Waals surface area (Å²) < 4.78 is 11.3. The van der Waals surface area contributed by atoms with Gasteiger partial charge in [0.05, 0.1) is 12.7 Å². The van der Waals surface area contributed by atoms with Crippen LogP contribution in [-0.4, -0.2) is 85.1 Å². The third-order valence-corrected chi connectivity index (χ3v) is 8.50. The highest BCUT2D eigenvalue weighted by Gasteiger charge is 2.47. The van der Waals surface area contributed by atoms with Crippen molar-refractivity contribution in [1.82, 2.24) is 43.5 Å². The molecule has 1 unspecified atom stereocenters. The number of nitrogens with one attached hydrogen (secondary N) is 2. The van der Waals surface area contributed by atoms with E-state index in [1.165, 1.54) is 20.0 Å². The van der Waals surface area contributed by atoms with Gasteiger partial charge in [0.15, 0.2) is 35.0 Å². The lowest BCUT2D eigenvalue weighted by Gasteiger charge is -2.16. The van der Waals surface area contributed by atoms with Crippen LogP contribution in [0, 0.1) is 0 Å². The first kappa shape index (κ1) is 34.2. The molecule has 0 bridgehead atoms. The molecule has 2 amide bonds. The quantitative estimate of drug-likeness (QED) is 0.128. The van der Waals surface area contributed by atoms with Crippen LogP contribution in [0.15, 0.2) is 40.2 Å². The normalized spacial score (nSPS) is 19.2. The van der Waals surface area contributed by atoms with E-state index < -0.39 is 42.0 Å². The van der Waals surface area contributed by atoms with Crippen LogP contribution < -0.4 is 27.6 Å². The maximum atomic E-state index is 13.0. The monoisotopic (exact) mass is 687 g/mol. The molecule has 262 valence electrons. The Morgan fingerprint density at radius 1 is 0.980 bits per heavy atom. The highest BCUT2D eigenvalue weighted by molar-refractivity contribution is 5.92. The number of anilines is 2. The Kier molecular flexibility index (Phi) is 9.33. The fourth-order valence-corrected chi connectivity index (χ4v) is 5.93. The number of aromatic nitrogens is 8. The third-order valence-electron chi connectivity index (χ3n) is 8.50. The summed E-state index contributed by atoms with van der Waals surface area (Å²) in [5.41, 5.74) is 7.79. The molecule has 0 spiro atoms. The maximum absolute atomic E-state index is 13.0. The summed E-state index contributed by atoms with van der Waals surface area (Å²) in [5.74, 6) is -0.659. The van der Waals surface area contributed by atoms with Crippen molar-refractivity contribution >= 4 is 58.1 Å². The molecule has 0 aliphatic carbocycles. The van der Waals surface area contributed by atoms with E-state index in [0.717, 1.165) is 5.56 Å². The van der Waals surface area contributed by atoms with Crippen molar-refractivity contribution in [1.29, 1.82) is 0 Å². The molecule has 0 radical (unpaired) electrons. The second-order valence-corrected chi connectivity index (χ2v) is 11.7. The molecule has 1 aromatic carbocycles. The van der Waals surface area contributed by atoms with Gasteiger partial charge >= 0.3 is 5.69 Å². The second-order valence-electron chi connectivity index (χ2n) is 11.7. The number of nitrogens with zero attached hydrogens (tertiary/aromatic N) is 8. The van der Waals surface area contributed by atoms with E-state index >= 15 is 0 Å². The summed E-state index contributed by atoms with van der Waals surface area (Å²) in [6, 6.07) is 7.21. The van der Waals surface area contributed by atoms with E-state index in [0.29, 0.717) is 35.6 Å². The molecule has 6 rings (SSSR count). The molecular formula is C32H37N11O7. The van der Waals surface area contributed by atoms with Gasteiger partial charge in [-0.05, 0) is 38.0 Å².